The van der Waals surface area contributed by atoms with Gasteiger partial charge in [0.1, 0.15) is 0 Å². The number of hydrogen-bond acceptors (Lipinski definition) is 1. The molecule has 1 nitrogen and oxygen atoms in total. The first-order valence-electron chi connectivity index (χ1n) is 5.30. The molecular weight excluding hydrogens is 184 g/mol. The molecule has 0 aliphatic heterocycles. The Morgan fingerprint density at radius 2 is 1.87 bits per heavy atom. The predicted octanol–water partition coefficient (Wildman–Crippen LogP) is 3.42. The molecule has 0 N–H and O–H groups in total. The van der Waals surface area contributed by atoms with Crippen LogP contribution in [0.15, 0.2) is 30.3 Å². The number of rotatable bonds is 3. The van der Waals surface area contributed by atoms with E-state index in [1.54, 1.807) is 7.11 Å². The van der Waals surface area contributed by atoms with E-state index in [-0.39, 0.29) is 6.10 Å². The van der Waals surface area contributed by atoms with E-state index in [9.17, 15) is 0 Å². The Morgan fingerprint density at radius 1 is 1.20 bits per heavy atom. The summed E-state index contributed by atoms with van der Waals surface area (Å²) in [6, 6.07) is 10.2. The van der Waals surface area contributed by atoms with Crippen LogP contribution < -0.4 is 0 Å². The van der Waals surface area contributed by atoms with Crippen LogP contribution in [0.4, 0.5) is 0 Å². The highest BCUT2D eigenvalue weighted by Crippen LogP contribution is 2.19. The minimum Gasteiger partial charge on any atom is -0.376 e. The lowest BCUT2D eigenvalue weighted by atomic mass is 10.1. The molecule has 80 valence electrons. The summed E-state index contributed by atoms with van der Waals surface area (Å²) in [6.07, 6.45) is 0.857. The van der Waals surface area contributed by atoms with Gasteiger partial charge in [-0.2, -0.15) is 0 Å². The molecule has 0 radical (unpaired) electrons. The van der Waals surface area contributed by atoms with Gasteiger partial charge in [-0.1, -0.05) is 50.1 Å². The van der Waals surface area contributed by atoms with Gasteiger partial charge < -0.3 is 4.74 Å². The summed E-state index contributed by atoms with van der Waals surface area (Å²) in [7, 11) is 1.73. The highest BCUT2D eigenvalue weighted by Gasteiger charge is 2.07. The first kappa shape index (κ1) is 11.8. The minimum absolute atomic E-state index is 0.0949. The van der Waals surface area contributed by atoms with Gasteiger partial charge in [0.25, 0.3) is 0 Å². The van der Waals surface area contributed by atoms with Gasteiger partial charge in [-0.15, -0.1) is 5.92 Å². The maximum Gasteiger partial charge on any atom is 0.0930 e. The number of methoxy groups -OCH3 is 1. The van der Waals surface area contributed by atoms with Crippen molar-refractivity contribution in [1.82, 2.24) is 0 Å². The van der Waals surface area contributed by atoms with Crippen molar-refractivity contribution in [1.29, 1.82) is 0 Å². The van der Waals surface area contributed by atoms with Gasteiger partial charge in [0.05, 0.1) is 6.10 Å². The molecule has 0 aliphatic rings. The van der Waals surface area contributed by atoms with Crippen molar-refractivity contribution in [2.24, 2.45) is 5.92 Å². The maximum atomic E-state index is 5.42. The SMILES string of the molecule is COC(CC#CC(C)C)c1ccccc1. The standard InChI is InChI=1S/C14H18O/c1-12(2)8-7-11-14(15-3)13-9-5-4-6-10-13/h4-6,9-10,12,14H,11H2,1-3H3. The molecule has 1 unspecified atom stereocenters. The Hall–Kier alpha value is -1.26. The van der Waals surface area contributed by atoms with Crippen molar-refractivity contribution in [2.45, 2.75) is 26.4 Å². The Bertz CT molecular complexity index is 329. The molecule has 1 rings (SSSR count). The van der Waals surface area contributed by atoms with Gasteiger partial charge in [0.2, 0.25) is 0 Å². The fourth-order valence-corrected chi connectivity index (χ4v) is 1.36. The predicted molar refractivity (Wildman–Crippen MR) is 63.4 cm³/mol. The molecule has 0 aliphatic carbocycles. The molecule has 0 bridgehead atoms. The van der Waals surface area contributed by atoms with Crippen molar-refractivity contribution in [2.75, 3.05) is 7.11 Å². The third kappa shape index (κ3) is 4.18. The highest BCUT2D eigenvalue weighted by atomic mass is 16.5. The molecule has 1 heteroatoms. The van der Waals surface area contributed by atoms with E-state index in [1.165, 1.54) is 5.56 Å². The van der Waals surface area contributed by atoms with E-state index < -0.39 is 0 Å². The minimum atomic E-state index is 0.0949. The van der Waals surface area contributed by atoms with Gasteiger partial charge in [0.15, 0.2) is 0 Å². The van der Waals surface area contributed by atoms with E-state index in [2.05, 4.69) is 37.8 Å². The lowest BCUT2D eigenvalue weighted by Gasteiger charge is -2.12. The van der Waals surface area contributed by atoms with Crippen molar-refractivity contribution >= 4 is 0 Å². The van der Waals surface area contributed by atoms with Crippen LogP contribution in [0, 0.1) is 17.8 Å². The van der Waals surface area contributed by atoms with Gasteiger partial charge in [-0.25, -0.2) is 0 Å². The molecule has 0 saturated heterocycles. The van der Waals surface area contributed by atoms with Crippen molar-refractivity contribution in [3.05, 3.63) is 35.9 Å². The normalized spacial score (nSPS) is 12.0. The third-order valence-electron chi connectivity index (χ3n) is 2.13. The van der Waals surface area contributed by atoms with E-state index >= 15 is 0 Å². The fourth-order valence-electron chi connectivity index (χ4n) is 1.36. The van der Waals surface area contributed by atoms with Crippen LogP contribution >= 0.6 is 0 Å². The zero-order valence-electron chi connectivity index (χ0n) is 9.66. The molecule has 0 spiro atoms. The van der Waals surface area contributed by atoms with Gasteiger partial charge in [0, 0.05) is 19.4 Å². The quantitative estimate of drug-likeness (QED) is 0.682. The molecule has 0 saturated carbocycles. The molecule has 0 amide bonds. The second-order valence-electron chi connectivity index (χ2n) is 3.81. The van der Waals surface area contributed by atoms with Gasteiger partial charge in [-0.3, -0.25) is 0 Å². The van der Waals surface area contributed by atoms with Crippen molar-refractivity contribution in [3.8, 4) is 11.8 Å². The van der Waals surface area contributed by atoms with Crippen molar-refractivity contribution in [3.63, 3.8) is 0 Å². The molecule has 15 heavy (non-hydrogen) atoms. The van der Waals surface area contributed by atoms with Crippen LogP contribution in [0.1, 0.15) is 31.9 Å². The topological polar surface area (TPSA) is 9.23 Å². The van der Waals surface area contributed by atoms with Crippen LogP contribution in [-0.2, 0) is 4.74 Å². The molecule has 0 aromatic heterocycles. The average molecular weight is 202 g/mol. The first-order chi connectivity index (χ1) is 7.24. The summed E-state index contributed by atoms with van der Waals surface area (Å²) in [5.74, 6) is 6.74. The monoisotopic (exact) mass is 202 g/mol. The smallest absolute Gasteiger partial charge is 0.0930 e. The van der Waals surface area contributed by atoms with Crippen LogP contribution in [0.25, 0.3) is 0 Å². The molecule has 1 aromatic rings. The Kier molecular flexibility index (Phi) is 4.93. The molecule has 0 fully saturated rings. The van der Waals surface area contributed by atoms with Crippen LogP contribution in [0.5, 0.6) is 0 Å². The van der Waals surface area contributed by atoms with E-state index in [4.69, 9.17) is 4.74 Å². The number of benzene rings is 1. The summed E-state index contributed by atoms with van der Waals surface area (Å²) in [4.78, 5) is 0. The molecule has 1 aromatic carbocycles. The summed E-state index contributed by atoms with van der Waals surface area (Å²) >= 11 is 0. The average Bonchev–Trinajstić information content (AvgIpc) is 2.25. The summed E-state index contributed by atoms with van der Waals surface area (Å²) in [5, 5.41) is 0. The second kappa shape index (κ2) is 6.27. The second-order valence-corrected chi connectivity index (χ2v) is 3.81. The van der Waals surface area contributed by atoms with E-state index in [0.717, 1.165) is 6.42 Å². The fraction of sp³-hybridized carbons (Fsp3) is 0.429. The van der Waals surface area contributed by atoms with E-state index in [1.807, 2.05) is 18.2 Å². The summed E-state index contributed by atoms with van der Waals surface area (Å²) in [6.45, 7) is 4.19. The Morgan fingerprint density at radius 3 is 2.40 bits per heavy atom. The summed E-state index contributed by atoms with van der Waals surface area (Å²) < 4.78 is 5.42. The van der Waals surface area contributed by atoms with Crippen LogP contribution in [0.3, 0.4) is 0 Å². The molecule has 1 atom stereocenters. The number of hydrogen-bond donors (Lipinski definition) is 0. The van der Waals surface area contributed by atoms with Crippen LogP contribution in [-0.4, -0.2) is 7.11 Å². The van der Waals surface area contributed by atoms with Gasteiger partial charge in [-0.05, 0) is 5.56 Å². The lowest BCUT2D eigenvalue weighted by Crippen LogP contribution is -1.99. The largest absolute Gasteiger partial charge is 0.376 e. The van der Waals surface area contributed by atoms with Crippen molar-refractivity contribution < 1.29 is 4.74 Å². The zero-order chi connectivity index (χ0) is 11.1. The zero-order valence-corrected chi connectivity index (χ0v) is 9.66. The van der Waals surface area contributed by atoms with Crippen LogP contribution in [0.2, 0.25) is 0 Å². The maximum absolute atomic E-state index is 5.42. The van der Waals surface area contributed by atoms with E-state index in [0.29, 0.717) is 5.92 Å². The molecular formula is C14H18O. The third-order valence-corrected chi connectivity index (χ3v) is 2.13. The van der Waals surface area contributed by atoms with Gasteiger partial charge >= 0.3 is 0 Å². The summed E-state index contributed by atoms with van der Waals surface area (Å²) in [5.41, 5.74) is 1.19. The Labute approximate surface area is 92.5 Å². The lowest BCUT2D eigenvalue weighted by molar-refractivity contribution is 0.108. The Balaban J connectivity index is 2.62. The number of ether oxygens (including phenoxy) is 1. The highest BCUT2D eigenvalue weighted by molar-refractivity contribution is 5.19. The first-order valence-corrected chi connectivity index (χ1v) is 5.30. The molecule has 0 heterocycles.